The minimum absolute atomic E-state index is 0.626. The monoisotopic (exact) mass is 241 g/mol. The Balaban J connectivity index is 2.16. The minimum Gasteiger partial charge on any atom is -0.457 e. The van der Waals surface area contributed by atoms with E-state index in [4.69, 9.17) is 10.00 Å². The highest BCUT2D eigenvalue weighted by molar-refractivity contribution is 7.79. The molecule has 0 aromatic heterocycles. The van der Waals surface area contributed by atoms with Crippen LogP contribution in [0.3, 0.4) is 0 Å². The molecular formula is C14H11NOS. The molecule has 0 saturated heterocycles. The second-order valence-corrected chi connectivity index (χ2v) is 3.86. The Morgan fingerprint density at radius 1 is 1.06 bits per heavy atom. The predicted octanol–water partition coefficient (Wildman–Crippen LogP) is 3.78. The van der Waals surface area contributed by atoms with Crippen LogP contribution in [0.15, 0.2) is 48.5 Å². The van der Waals surface area contributed by atoms with Gasteiger partial charge in [0.15, 0.2) is 0 Å². The zero-order chi connectivity index (χ0) is 12.1. The summed E-state index contributed by atoms with van der Waals surface area (Å²) in [7, 11) is 0. The second kappa shape index (κ2) is 5.42. The number of benzene rings is 2. The summed E-state index contributed by atoms with van der Waals surface area (Å²) >= 11 is 4.22. The fourth-order valence-corrected chi connectivity index (χ4v) is 1.64. The average molecular weight is 241 g/mol. The third kappa shape index (κ3) is 3.02. The summed E-state index contributed by atoms with van der Waals surface area (Å²) in [5.41, 5.74) is 1.74. The van der Waals surface area contributed by atoms with Crippen LogP contribution in [0.1, 0.15) is 11.1 Å². The zero-order valence-corrected chi connectivity index (χ0v) is 10.0. The van der Waals surface area contributed by atoms with E-state index in [0.29, 0.717) is 11.3 Å². The fourth-order valence-electron chi connectivity index (χ4n) is 1.44. The summed E-state index contributed by atoms with van der Waals surface area (Å²) in [6.07, 6.45) is 0. The molecule has 0 radical (unpaired) electrons. The summed E-state index contributed by atoms with van der Waals surface area (Å²) in [5.74, 6) is 2.19. The smallest absolute Gasteiger partial charge is 0.127 e. The molecule has 2 aromatic carbocycles. The molecule has 0 aliphatic carbocycles. The first-order valence-corrected chi connectivity index (χ1v) is 5.83. The van der Waals surface area contributed by atoms with Gasteiger partial charge in [0.05, 0.1) is 11.6 Å². The number of nitriles is 1. The van der Waals surface area contributed by atoms with Gasteiger partial charge < -0.3 is 4.74 Å². The van der Waals surface area contributed by atoms with Crippen LogP contribution in [0.5, 0.6) is 11.5 Å². The van der Waals surface area contributed by atoms with Crippen LogP contribution in [0, 0.1) is 11.3 Å². The van der Waals surface area contributed by atoms with Gasteiger partial charge in [0.25, 0.3) is 0 Å². The third-order valence-electron chi connectivity index (χ3n) is 2.30. The van der Waals surface area contributed by atoms with Gasteiger partial charge in [-0.25, -0.2) is 0 Å². The highest BCUT2D eigenvalue weighted by Gasteiger charge is 1.98. The molecule has 3 heteroatoms. The molecule has 0 N–H and O–H groups in total. The van der Waals surface area contributed by atoms with Crippen LogP contribution in [-0.4, -0.2) is 0 Å². The first-order valence-electron chi connectivity index (χ1n) is 5.19. The maximum atomic E-state index is 8.69. The van der Waals surface area contributed by atoms with Gasteiger partial charge in [-0.3, -0.25) is 0 Å². The first-order chi connectivity index (χ1) is 8.31. The van der Waals surface area contributed by atoms with E-state index in [-0.39, 0.29) is 0 Å². The molecule has 0 fully saturated rings. The van der Waals surface area contributed by atoms with Crippen LogP contribution in [0.4, 0.5) is 0 Å². The van der Waals surface area contributed by atoms with Crippen molar-refractivity contribution in [2.45, 2.75) is 5.75 Å². The van der Waals surface area contributed by atoms with Gasteiger partial charge in [-0.2, -0.15) is 17.9 Å². The van der Waals surface area contributed by atoms with Gasteiger partial charge in [0.2, 0.25) is 0 Å². The zero-order valence-electron chi connectivity index (χ0n) is 9.13. The summed E-state index contributed by atoms with van der Waals surface area (Å²) < 4.78 is 5.68. The molecule has 0 atom stereocenters. The summed E-state index contributed by atoms with van der Waals surface area (Å²) in [6.45, 7) is 0. The Morgan fingerprint density at radius 2 is 1.82 bits per heavy atom. The molecule has 2 aromatic rings. The average Bonchev–Trinajstić information content (AvgIpc) is 2.40. The number of ether oxygens (including phenoxy) is 1. The Bertz CT molecular complexity index is 543. The fraction of sp³-hybridized carbons (Fsp3) is 0.0714. The van der Waals surface area contributed by atoms with Gasteiger partial charge in [0, 0.05) is 5.75 Å². The molecule has 0 heterocycles. The number of nitrogens with zero attached hydrogens (tertiary/aromatic N) is 1. The van der Waals surface area contributed by atoms with E-state index in [1.165, 1.54) is 0 Å². The topological polar surface area (TPSA) is 33.0 Å². The highest BCUT2D eigenvalue weighted by atomic mass is 32.1. The van der Waals surface area contributed by atoms with E-state index in [2.05, 4.69) is 18.7 Å². The van der Waals surface area contributed by atoms with Crippen molar-refractivity contribution >= 4 is 12.6 Å². The van der Waals surface area contributed by atoms with Gasteiger partial charge in [-0.05, 0) is 42.0 Å². The molecule has 2 rings (SSSR count). The van der Waals surface area contributed by atoms with Crippen molar-refractivity contribution in [3.05, 3.63) is 59.7 Å². The molecule has 17 heavy (non-hydrogen) atoms. The van der Waals surface area contributed by atoms with Crippen LogP contribution in [0.2, 0.25) is 0 Å². The van der Waals surface area contributed by atoms with E-state index >= 15 is 0 Å². The molecule has 0 saturated carbocycles. The van der Waals surface area contributed by atoms with Crippen molar-refractivity contribution < 1.29 is 4.74 Å². The Labute approximate surface area is 106 Å². The van der Waals surface area contributed by atoms with Crippen molar-refractivity contribution in [1.82, 2.24) is 0 Å². The molecular weight excluding hydrogens is 230 g/mol. The maximum absolute atomic E-state index is 8.69. The molecule has 0 bridgehead atoms. The normalized spacial score (nSPS) is 9.65. The van der Waals surface area contributed by atoms with Gasteiger partial charge >= 0.3 is 0 Å². The number of rotatable bonds is 3. The highest BCUT2D eigenvalue weighted by Crippen LogP contribution is 2.22. The van der Waals surface area contributed by atoms with Crippen LogP contribution >= 0.6 is 12.6 Å². The lowest BCUT2D eigenvalue weighted by Crippen LogP contribution is -1.86. The Hall–Kier alpha value is -1.92. The summed E-state index contributed by atoms with van der Waals surface area (Å²) in [4.78, 5) is 0. The summed E-state index contributed by atoms with van der Waals surface area (Å²) in [6, 6.07) is 16.9. The quantitative estimate of drug-likeness (QED) is 0.829. The van der Waals surface area contributed by atoms with E-state index in [0.717, 1.165) is 17.1 Å². The molecule has 84 valence electrons. The summed E-state index contributed by atoms with van der Waals surface area (Å²) in [5, 5.41) is 8.69. The number of hydrogen-bond acceptors (Lipinski definition) is 3. The van der Waals surface area contributed by atoms with Crippen molar-refractivity contribution in [2.75, 3.05) is 0 Å². The standard InChI is InChI=1S/C14H11NOS/c15-9-11-4-6-13(7-5-11)16-14-3-1-2-12(8-14)10-17/h1-8,17H,10H2. The van der Waals surface area contributed by atoms with Gasteiger partial charge in [-0.15, -0.1) is 0 Å². The molecule has 0 unspecified atom stereocenters. The maximum Gasteiger partial charge on any atom is 0.127 e. The van der Waals surface area contributed by atoms with E-state index in [9.17, 15) is 0 Å². The molecule has 2 nitrogen and oxygen atoms in total. The van der Waals surface area contributed by atoms with E-state index in [1.54, 1.807) is 24.3 Å². The van der Waals surface area contributed by atoms with Crippen molar-refractivity contribution in [3.63, 3.8) is 0 Å². The SMILES string of the molecule is N#Cc1ccc(Oc2cccc(CS)c2)cc1. The minimum atomic E-state index is 0.626. The van der Waals surface area contributed by atoms with Crippen molar-refractivity contribution in [3.8, 4) is 17.6 Å². The van der Waals surface area contributed by atoms with E-state index in [1.807, 2.05) is 24.3 Å². The lowest BCUT2D eigenvalue weighted by atomic mass is 10.2. The number of hydrogen-bond donors (Lipinski definition) is 1. The third-order valence-corrected chi connectivity index (χ3v) is 2.67. The molecule has 0 aliphatic heterocycles. The van der Waals surface area contributed by atoms with Gasteiger partial charge in [-0.1, -0.05) is 12.1 Å². The molecule has 0 amide bonds. The second-order valence-electron chi connectivity index (χ2n) is 3.54. The van der Waals surface area contributed by atoms with Crippen LogP contribution in [-0.2, 0) is 5.75 Å². The molecule has 0 spiro atoms. The van der Waals surface area contributed by atoms with E-state index < -0.39 is 0 Å². The lowest BCUT2D eigenvalue weighted by molar-refractivity contribution is 0.482. The lowest BCUT2D eigenvalue weighted by Gasteiger charge is -2.06. The Kier molecular flexibility index (Phi) is 3.69. The predicted molar refractivity (Wildman–Crippen MR) is 70.4 cm³/mol. The molecule has 0 aliphatic rings. The number of thiol groups is 1. The van der Waals surface area contributed by atoms with Crippen LogP contribution in [0.25, 0.3) is 0 Å². The largest absolute Gasteiger partial charge is 0.457 e. The van der Waals surface area contributed by atoms with Crippen LogP contribution < -0.4 is 4.74 Å². The van der Waals surface area contributed by atoms with Crippen molar-refractivity contribution in [2.24, 2.45) is 0 Å². The Morgan fingerprint density at radius 3 is 2.47 bits per heavy atom. The van der Waals surface area contributed by atoms with Crippen molar-refractivity contribution in [1.29, 1.82) is 5.26 Å². The first kappa shape index (κ1) is 11.6. The van der Waals surface area contributed by atoms with Gasteiger partial charge in [0.1, 0.15) is 11.5 Å².